The van der Waals surface area contributed by atoms with Crippen molar-refractivity contribution in [2.45, 2.75) is 18.9 Å². The maximum absolute atomic E-state index is 6.09. The average Bonchev–Trinajstić information content (AvgIpc) is 3.13. The lowest BCUT2D eigenvalue weighted by Gasteiger charge is -2.17. The molecule has 0 spiro atoms. The highest BCUT2D eigenvalue weighted by Gasteiger charge is 2.13. The van der Waals surface area contributed by atoms with Gasteiger partial charge in [-0.2, -0.15) is 0 Å². The van der Waals surface area contributed by atoms with Crippen molar-refractivity contribution in [1.29, 1.82) is 0 Å². The minimum atomic E-state index is -0.0570. The lowest BCUT2D eigenvalue weighted by molar-refractivity contribution is 0.108. The molecular weight excluding hydrogens is 282 g/mol. The van der Waals surface area contributed by atoms with Crippen LogP contribution in [0.1, 0.15) is 30.1 Å². The Kier molecular flexibility index (Phi) is 5.86. The highest BCUT2D eigenvalue weighted by molar-refractivity contribution is 5.30. The molecular formula is C21H23NO. The van der Waals surface area contributed by atoms with Crippen LogP contribution >= 0.6 is 0 Å². The molecule has 23 heavy (non-hydrogen) atoms. The summed E-state index contributed by atoms with van der Waals surface area (Å²) in [6.45, 7) is 3.70. The average molecular weight is 305 g/mol. The zero-order valence-electron chi connectivity index (χ0n) is 13.4. The smallest absolute Gasteiger partial charge is 0.109 e. The molecule has 118 valence electrons. The van der Waals surface area contributed by atoms with Crippen LogP contribution in [-0.2, 0) is 4.74 Å². The van der Waals surface area contributed by atoms with Gasteiger partial charge in [0.25, 0.3) is 0 Å². The highest BCUT2D eigenvalue weighted by atomic mass is 16.5. The molecule has 0 aromatic heterocycles. The van der Waals surface area contributed by atoms with Crippen molar-refractivity contribution in [1.82, 2.24) is 4.90 Å². The van der Waals surface area contributed by atoms with Crippen LogP contribution in [0.25, 0.3) is 0 Å². The van der Waals surface area contributed by atoms with E-state index in [1.807, 2.05) is 36.4 Å². The molecule has 1 heterocycles. The van der Waals surface area contributed by atoms with Crippen molar-refractivity contribution in [2.24, 2.45) is 0 Å². The second kappa shape index (κ2) is 8.53. The van der Waals surface area contributed by atoms with Crippen molar-refractivity contribution in [3.8, 4) is 11.8 Å². The van der Waals surface area contributed by atoms with E-state index in [1.165, 1.54) is 37.1 Å². The van der Waals surface area contributed by atoms with Gasteiger partial charge < -0.3 is 4.74 Å². The second-order valence-electron chi connectivity index (χ2n) is 5.85. The molecule has 1 aliphatic heterocycles. The molecule has 1 fully saturated rings. The molecule has 2 nitrogen and oxygen atoms in total. The van der Waals surface area contributed by atoms with Gasteiger partial charge in [0.2, 0.25) is 0 Å². The van der Waals surface area contributed by atoms with Gasteiger partial charge in [0.15, 0.2) is 0 Å². The standard InChI is InChI=1S/C21H23NO/c1-3-11-19(12-4-1)21(20-13-5-2-6-14-20)23-18-10-9-17-22-15-7-8-16-22/h1-6,11-14,21H,7-8,15-18H2. The van der Waals surface area contributed by atoms with E-state index in [0.717, 1.165) is 6.54 Å². The predicted molar refractivity (Wildman–Crippen MR) is 94.1 cm³/mol. The van der Waals surface area contributed by atoms with Gasteiger partial charge in [-0.15, -0.1) is 0 Å². The summed E-state index contributed by atoms with van der Waals surface area (Å²) >= 11 is 0. The molecule has 0 N–H and O–H groups in total. The van der Waals surface area contributed by atoms with Crippen LogP contribution in [0.15, 0.2) is 60.7 Å². The Morgan fingerprint density at radius 1 is 0.826 bits per heavy atom. The Morgan fingerprint density at radius 3 is 1.96 bits per heavy atom. The fourth-order valence-electron chi connectivity index (χ4n) is 2.93. The minimum Gasteiger partial charge on any atom is -0.356 e. The third-order valence-corrected chi connectivity index (χ3v) is 4.15. The van der Waals surface area contributed by atoms with E-state index in [1.54, 1.807) is 0 Å². The Balaban J connectivity index is 1.62. The van der Waals surface area contributed by atoms with Crippen LogP contribution in [0.4, 0.5) is 0 Å². The number of hydrogen-bond acceptors (Lipinski definition) is 2. The third kappa shape index (κ3) is 4.69. The number of hydrogen-bond donors (Lipinski definition) is 0. The lowest BCUT2D eigenvalue weighted by atomic mass is 10.0. The van der Waals surface area contributed by atoms with Gasteiger partial charge in [-0.1, -0.05) is 72.5 Å². The molecule has 0 unspecified atom stereocenters. The normalized spacial score (nSPS) is 14.7. The van der Waals surface area contributed by atoms with Crippen LogP contribution in [0.5, 0.6) is 0 Å². The van der Waals surface area contributed by atoms with Crippen molar-refractivity contribution in [2.75, 3.05) is 26.2 Å². The lowest BCUT2D eigenvalue weighted by Crippen LogP contribution is -2.19. The first kappa shape index (κ1) is 15.8. The van der Waals surface area contributed by atoms with E-state index in [9.17, 15) is 0 Å². The van der Waals surface area contributed by atoms with Crippen molar-refractivity contribution >= 4 is 0 Å². The SMILES string of the molecule is C(#CCN1CCCC1)COC(c1ccccc1)c1ccccc1. The van der Waals surface area contributed by atoms with Gasteiger partial charge in [0, 0.05) is 0 Å². The summed E-state index contributed by atoms with van der Waals surface area (Å²) in [5.41, 5.74) is 2.33. The second-order valence-corrected chi connectivity index (χ2v) is 5.85. The maximum Gasteiger partial charge on any atom is 0.109 e. The summed E-state index contributed by atoms with van der Waals surface area (Å²) in [4.78, 5) is 2.40. The molecule has 0 bridgehead atoms. The van der Waals surface area contributed by atoms with Gasteiger partial charge >= 0.3 is 0 Å². The monoisotopic (exact) mass is 305 g/mol. The number of rotatable bonds is 5. The molecule has 0 saturated carbocycles. The molecule has 0 radical (unpaired) electrons. The molecule has 2 aromatic carbocycles. The predicted octanol–water partition coefficient (Wildman–Crippen LogP) is 3.89. The zero-order valence-corrected chi connectivity index (χ0v) is 13.4. The van der Waals surface area contributed by atoms with E-state index in [4.69, 9.17) is 4.74 Å². The number of likely N-dealkylation sites (tertiary alicyclic amines) is 1. The summed E-state index contributed by atoms with van der Waals surface area (Å²) in [7, 11) is 0. The molecule has 0 atom stereocenters. The van der Waals surface area contributed by atoms with Gasteiger partial charge in [0.1, 0.15) is 12.7 Å². The molecule has 3 rings (SSSR count). The van der Waals surface area contributed by atoms with Crippen LogP contribution in [0.2, 0.25) is 0 Å². The Morgan fingerprint density at radius 2 is 1.39 bits per heavy atom. The number of ether oxygens (including phenoxy) is 1. The summed E-state index contributed by atoms with van der Waals surface area (Å²) < 4.78 is 6.09. The Bertz CT molecular complexity index is 596. The van der Waals surface area contributed by atoms with Gasteiger partial charge in [-0.25, -0.2) is 0 Å². The largest absolute Gasteiger partial charge is 0.356 e. The van der Waals surface area contributed by atoms with E-state index in [0.29, 0.717) is 6.61 Å². The first-order valence-electron chi connectivity index (χ1n) is 8.33. The molecule has 2 heteroatoms. The Hall–Kier alpha value is -2.08. The summed E-state index contributed by atoms with van der Waals surface area (Å²) in [5, 5.41) is 0. The van der Waals surface area contributed by atoms with E-state index in [-0.39, 0.29) is 6.10 Å². The van der Waals surface area contributed by atoms with Crippen molar-refractivity contribution < 1.29 is 4.74 Å². The van der Waals surface area contributed by atoms with E-state index in [2.05, 4.69) is 41.0 Å². The van der Waals surface area contributed by atoms with Crippen LogP contribution in [0, 0.1) is 11.8 Å². The molecule has 2 aromatic rings. The van der Waals surface area contributed by atoms with Gasteiger partial charge in [-0.3, -0.25) is 4.90 Å². The number of nitrogens with zero attached hydrogens (tertiary/aromatic N) is 1. The summed E-state index contributed by atoms with van der Waals surface area (Å²) in [5.74, 6) is 6.40. The molecule has 0 amide bonds. The van der Waals surface area contributed by atoms with Crippen LogP contribution < -0.4 is 0 Å². The van der Waals surface area contributed by atoms with Gasteiger partial charge in [0.05, 0.1) is 6.54 Å². The fourth-order valence-corrected chi connectivity index (χ4v) is 2.93. The first-order valence-corrected chi connectivity index (χ1v) is 8.33. The van der Waals surface area contributed by atoms with Crippen molar-refractivity contribution in [3.05, 3.63) is 71.8 Å². The fraction of sp³-hybridized carbons (Fsp3) is 0.333. The topological polar surface area (TPSA) is 12.5 Å². The molecule has 0 aliphatic carbocycles. The minimum absolute atomic E-state index is 0.0570. The highest BCUT2D eigenvalue weighted by Crippen LogP contribution is 2.25. The van der Waals surface area contributed by atoms with Crippen molar-refractivity contribution in [3.63, 3.8) is 0 Å². The van der Waals surface area contributed by atoms with Gasteiger partial charge in [-0.05, 0) is 37.1 Å². The Labute approximate surface area is 139 Å². The van der Waals surface area contributed by atoms with Crippen LogP contribution in [-0.4, -0.2) is 31.1 Å². The van der Waals surface area contributed by atoms with Crippen LogP contribution in [0.3, 0.4) is 0 Å². The van der Waals surface area contributed by atoms with E-state index < -0.39 is 0 Å². The first-order chi connectivity index (χ1) is 11.4. The quantitative estimate of drug-likeness (QED) is 0.777. The summed E-state index contributed by atoms with van der Waals surface area (Å²) in [6.07, 6.45) is 2.56. The zero-order chi connectivity index (χ0) is 15.7. The van der Waals surface area contributed by atoms with E-state index >= 15 is 0 Å². The number of benzene rings is 2. The molecule has 1 saturated heterocycles. The summed E-state index contributed by atoms with van der Waals surface area (Å²) in [6, 6.07) is 20.7. The molecule has 1 aliphatic rings. The maximum atomic E-state index is 6.09. The third-order valence-electron chi connectivity index (χ3n) is 4.15.